The summed E-state index contributed by atoms with van der Waals surface area (Å²) >= 11 is 17.7. The van der Waals surface area contributed by atoms with Gasteiger partial charge in [-0.1, -0.05) is 46.9 Å². The van der Waals surface area contributed by atoms with Crippen LogP contribution in [0, 0.1) is 0 Å². The fraction of sp³-hybridized carbons (Fsp3) is 0.0714. The van der Waals surface area contributed by atoms with Gasteiger partial charge in [0.15, 0.2) is 0 Å². The van der Waals surface area contributed by atoms with Crippen LogP contribution in [0.2, 0.25) is 15.1 Å². The second-order valence-electron chi connectivity index (χ2n) is 4.03. The number of rotatable bonds is 3. The van der Waals surface area contributed by atoms with Gasteiger partial charge in [0.25, 0.3) is 0 Å². The minimum absolute atomic E-state index is 0.291. The maximum atomic E-state index is 12.0. The van der Waals surface area contributed by atoms with Crippen molar-refractivity contribution in [2.45, 2.75) is 0 Å². The first-order chi connectivity index (χ1) is 10.0. The first kappa shape index (κ1) is 15.8. The fourth-order valence-corrected chi connectivity index (χ4v) is 2.24. The van der Waals surface area contributed by atoms with E-state index in [4.69, 9.17) is 39.5 Å². The molecular weight excluding hydrogens is 335 g/mol. The smallest absolute Gasteiger partial charge is 0.323 e. The van der Waals surface area contributed by atoms with Crippen molar-refractivity contribution in [3.8, 4) is 5.75 Å². The maximum absolute atomic E-state index is 12.0. The summed E-state index contributed by atoms with van der Waals surface area (Å²) in [6, 6.07) is 9.51. The molecule has 0 aliphatic carbocycles. The van der Waals surface area contributed by atoms with Gasteiger partial charge in [0.2, 0.25) is 0 Å². The largest absolute Gasteiger partial charge is 0.495 e. The van der Waals surface area contributed by atoms with Gasteiger partial charge in [-0.05, 0) is 24.3 Å². The van der Waals surface area contributed by atoms with E-state index >= 15 is 0 Å². The highest BCUT2D eigenvalue weighted by Gasteiger charge is 2.11. The molecule has 0 spiro atoms. The molecule has 0 aromatic heterocycles. The Hall–Kier alpha value is -1.62. The van der Waals surface area contributed by atoms with Gasteiger partial charge in [0, 0.05) is 0 Å². The first-order valence-electron chi connectivity index (χ1n) is 5.87. The normalized spacial score (nSPS) is 10.1. The van der Waals surface area contributed by atoms with Crippen molar-refractivity contribution in [3.05, 3.63) is 51.5 Å². The number of carbonyl (C=O) groups is 1. The van der Waals surface area contributed by atoms with E-state index in [0.717, 1.165) is 0 Å². The van der Waals surface area contributed by atoms with Gasteiger partial charge in [-0.25, -0.2) is 4.79 Å². The number of ether oxygens (including phenoxy) is 1. The summed E-state index contributed by atoms with van der Waals surface area (Å²) in [4.78, 5) is 12.0. The van der Waals surface area contributed by atoms with Crippen LogP contribution in [-0.4, -0.2) is 13.1 Å². The van der Waals surface area contributed by atoms with E-state index in [2.05, 4.69) is 10.6 Å². The molecule has 21 heavy (non-hydrogen) atoms. The maximum Gasteiger partial charge on any atom is 0.323 e. The van der Waals surface area contributed by atoms with Gasteiger partial charge >= 0.3 is 6.03 Å². The summed E-state index contributed by atoms with van der Waals surface area (Å²) in [6.45, 7) is 0. The van der Waals surface area contributed by atoms with Crippen LogP contribution in [0.15, 0.2) is 36.4 Å². The van der Waals surface area contributed by atoms with Gasteiger partial charge in [0.05, 0.1) is 33.6 Å². The third kappa shape index (κ3) is 3.94. The number of halogens is 3. The number of para-hydroxylation sites is 2. The summed E-state index contributed by atoms with van der Waals surface area (Å²) in [7, 11) is 1.52. The SMILES string of the molecule is COc1ccccc1NC(=O)Nc1cc(Cl)c(Cl)cc1Cl. The zero-order valence-corrected chi connectivity index (χ0v) is 13.2. The molecule has 2 N–H and O–H groups in total. The summed E-state index contributed by atoms with van der Waals surface area (Å²) < 4.78 is 5.15. The summed E-state index contributed by atoms with van der Waals surface area (Å²) in [5, 5.41) is 6.17. The van der Waals surface area contributed by atoms with Crippen LogP contribution >= 0.6 is 34.8 Å². The van der Waals surface area contributed by atoms with E-state index in [1.807, 2.05) is 0 Å². The fourth-order valence-electron chi connectivity index (χ4n) is 1.64. The monoisotopic (exact) mass is 344 g/mol. The molecule has 0 aliphatic rings. The van der Waals surface area contributed by atoms with Crippen LogP contribution in [0.5, 0.6) is 5.75 Å². The highest BCUT2D eigenvalue weighted by atomic mass is 35.5. The zero-order chi connectivity index (χ0) is 15.4. The predicted molar refractivity (Wildman–Crippen MR) is 87.1 cm³/mol. The third-order valence-electron chi connectivity index (χ3n) is 2.61. The van der Waals surface area contributed by atoms with Crippen molar-refractivity contribution < 1.29 is 9.53 Å². The Morgan fingerprint density at radius 1 is 0.952 bits per heavy atom. The second kappa shape index (κ2) is 6.89. The third-order valence-corrected chi connectivity index (χ3v) is 3.65. The van der Waals surface area contributed by atoms with E-state index in [0.29, 0.717) is 32.2 Å². The Morgan fingerprint density at radius 2 is 1.57 bits per heavy atom. The molecule has 0 saturated carbocycles. The lowest BCUT2D eigenvalue weighted by atomic mass is 10.3. The van der Waals surface area contributed by atoms with Crippen LogP contribution in [0.1, 0.15) is 0 Å². The van der Waals surface area contributed by atoms with E-state index < -0.39 is 6.03 Å². The van der Waals surface area contributed by atoms with Gasteiger partial charge in [-0.15, -0.1) is 0 Å². The molecule has 2 rings (SSSR count). The van der Waals surface area contributed by atoms with Gasteiger partial charge < -0.3 is 15.4 Å². The van der Waals surface area contributed by atoms with Crippen LogP contribution in [0.3, 0.4) is 0 Å². The number of benzene rings is 2. The van der Waals surface area contributed by atoms with E-state index in [1.165, 1.54) is 19.2 Å². The number of nitrogens with one attached hydrogen (secondary N) is 2. The number of carbonyl (C=O) groups excluding carboxylic acids is 1. The van der Waals surface area contributed by atoms with Gasteiger partial charge in [0.1, 0.15) is 5.75 Å². The molecule has 2 aromatic rings. The zero-order valence-electron chi connectivity index (χ0n) is 10.9. The summed E-state index contributed by atoms with van der Waals surface area (Å²) in [5.41, 5.74) is 0.896. The van der Waals surface area contributed by atoms with Crippen molar-refractivity contribution in [3.63, 3.8) is 0 Å². The Bertz CT molecular complexity index is 677. The molecule has 7 heteroatoms. The molecular formula is C14H11Cl3N2O2. The Kier molecular flexibility index (Phi) is 5.17. The molecule has 0 saturated heterocycles. The Morgan fingerprint density at radius 3 is 2.29 bits per heavy atom. The minimum atomic E-state index is -0.472. The number of hydrogen-bond acceptors (Lipinski definition) is 2. The molecule has 2 amide bonds. The standard InChI is InChI=1S/C14H11Cl3N2O2/c1-21-13-5-3-2-4-11(13)18-14(20)19-12-7-9(16)8(15)6-10(12)17/h2-7H,1H3,(H2,18,19,20). The molecule has 0 fully saturated rings. The van der Waals surface area contributed by atoms with Crippen molar-refractivity contribution in [2.24, 2.45) is 0 Å². The van der Waals surface area contributed by atoms with E-state index in [1.54, 1.807) is 24.3 Å². The minimum Gasteiger partial charge on any atom is -0.495 e. The lowest BCUT2D eigenvalue weighted by molar-refractivity contribution is 0.262. The van der Waals surface area contributed by atoms with Crippen molar-refractivity contribution >= 4 is 52.2 Å². The highest BCUT2D eigenvalue weighted by molar-refractivity contribution is 6.44. The van der Waals surface area contributed by atoms with Crippen LogP contribution in [-0.2, 0) is 0 Å². The topological polar surface area (TPSA) is 50.4 Å². The average Bonchev–Trinajstić information content (AvgIpc) is 2.45. The molecule has 110 valence electrons. The molecule has 0 heterocycles. The van der Waals surface area contributed by atoms with Crippen molar-refractivity contribution in [1.82, 2.24) is 0 Å². The quantitative estimate of drug-likeness (QED) is 0.742. The molecule has 0 radical (unpaired) electrons. The second-order valence-corrected chi connectivity index (χ2v) is 5.25. The van der Waals surface area contributed by atoms with Gasteiger partial charge in [-0.2, -0.15) is 0 Å². The number of urea groups is 1. The van der Waals surface area contributed by atoms with Crippen molar-refractivity contribution in [1.29, 1.82) is 0 Å². The van der Waals surface area contributed by atoms with Crippen molar-refractivity contribution in [2.75, 3.05) is 17.7 Å². The molecule has 0 unspecified atom stereocenters. The molecule has 4 nitrogen and oxygen atoms in total. The average molecular weight is 346 g/mol. The Labute approximate surface area is 137 Å². The van der Waals surface area contributed by atoms with Crippen LogP contribution in [0.4, 0.5) is 16.2 Å². The van der Waals surface area contributed by atoms with E-state index in [9.17, 15) is 4.79 Å². The first-order valence-corrected chi connectivity index (χ1v) is 7.00. The lowest BCUT2D eigenvalue weighted by Crippen LogP contribution is -2.20. The highest BCUT2D eigenvalue weighted by Crippen LogP contribution is 2.32. The molecule has 0 atom stereocenters. The van der Waals surface area contributed by atoms with Gasteiger partial charge in [-0.3, -0.25) is 0 Å². The van der Waals surface area contributed by atoms with Crippen LogP contribution < -0.4 is 15.4 Å². The lowest BCUT2D eigenvalue weighted by Gasteiger charge is -2.12. The predicted octanol–water partition coefficient (Wildman–Crippen LogP) is 5.30. The summed E-state index contributed by atoms with van der Waals surface area (Å²) in [5.74, 6) is 0.549. The van der Waals surface area contributed by atoms with E-state index in [-0.39, 0.29) is 0 Å². The number of hydrogen-bond donors (Lipinski definition) is 2. The number of amides is 2. The molecule has 0 bridgehead atoms. The molecule has 0 aliphatic heterocycles. The number of anilines is 2. The molecule has 2 aromatic carbocycles. The number of methoxy groups -OCH3 is 1. The summed E-state index contributed by atoms with van der Waals surface area (Å²) in [6.07, 6.45) is 0. The van der Waals surface area contributed by atoms with Crippen LogP contribution in [0.25, 0.3) is 0 Å². The Balaban J connectivity index is 2.14.